The molecule has 0 unspecified atom stereocenters. The predicted octanol–water partition coefficient (Wildman–Crippen LogP) is 6.87. The zero-order valence-corrected chi connectivity index (χ0v) is 22.5. The lowest BCUT2D eigenvalue weighted by molar-refractivity contribution is 0.0697. The standard InChI is InChI=1S/C33H31N3O3/c1-20-15-27(18-34-17-20)22(3)35-32(37)26-13-14-31-30(16-26)21(2)23(4)36(31)19-24-9-11-25(12-10-24)28-7-5-6-8-29(28)33(38)39/h5-18,22H,19H2,1-4H3,(H,35,37)(H,38,39)/t22-/m0/s1. The molecule has 5 aromatic rings. The number of aromatic carboxylic acids is 1. The number of carboxylic acid groups (broad SMARTS) is 1. The number of hydrogen-bond donors (Lipinski definition) is 2. The first-order valence-corrected chi connectivity index (χ1v) is 13.0. The number of aromatic nitrogens is 2. The van der Waals surface area contributed by atoms with Crippen molar-refractivity contribution < 1.29 is 14.7 Å². The van der Waals surface area contributed by atoms with Crippen molar-refractivity contribution in [3.05, 3.63) is 124 Å². The van der Waals surface area contributed by atoms with E-state index in [-0.39, 0.29) is 17.5 Å². The maximum absolute atomic E-state index is 13.1. The molecule has 0 aliphatic heterocycles. The van der Waals surface area contributed by atoms with Gasteiger partial charge in [-0.05, 0) is 85.3 Å². The van der Waals surface area contributed by atoms with Crippen LogP contribution in [-0.2, 0) is 6.54 Å². The predicted molar refractivity (Wildman–Crippen MR) is 154 cm³/mol. The molecule has 1 atom stereocenters. The van der Waals surface area contributed by atoms with Gasteiger partial charge in [0.15, 0.2) is 0 Å². The van der Waals surface area contributed by atoms with E-state index >= 15 is 0 Å². The highest BCUT2D eigenvalue weighted by Crippen LogP contribution is 2.29. The van der Waals surface area contributed by atoms with Crippen LogP contribution in [0.3, 0.4) is 0 Å². The SMILES string of the molecule is Cc1cncc([C@H](C)NC(=O)c2ccc3c(c2)c(C)c(C)n3Cc2ccc(-c3ccccc3C(=O)O)cc2)c1. The normalized spacial score (nSPS) is 11.9. The highest BCUT2D eigenvalue weighted by Gasteiger charge is 2.17. The molecule has 6 heteroatoms. The number of carbonyl (C=O) groups excluding carboxylic acids is 1. The van der Waals surface area contributed by atoms with Gasteiger partial charge in [0.1, 0.15) is 0 Å². The number of aryl methyl sites for hydroxylation is 2. The van der Waals surface area contributed by atoms with E-state index in [0.29, 0.717) is 17.7 Å². The number of fused-ring (bicyclic) bond motifs is 1. The first kappa shape index (κ1) is 25.9. The van der Waals surface area contributed by atoms with Crippen LogP contribution in [0.2, 0.25) is 0 Å². The Morgan fingerprint density at radius 2 is 1.69 bits per heavy atom. The second-order valence-electron chi connectivity index (χ2n) is 10.1. The Morgan fingerprint density at radius 3 is 2.41 bits per heavy atom. The molecule has 1 amide bonds. The molecule has 0 aliphatic rings. The minimum absolute atomic E-state index is 0.118. The fraction of sp³-hybridized carbons (Fsp3) is 0.182. The molecule has 6 nitrogen and oxygen atoms in total. The zero-order chi connectivity index (χ0) is 27.7. The monoisotopic (exact) mass is 517 g/mol. The maximum Gasteiger partial charge on any atom is 0.336 e. The van der Waals surface area contributed by atoms with Gasteiger partial charge in [0.05, 0.1) is 11.6 Å². The van der Waals surface area contributed by atoms with E-state index in [1.54, 1.807) is 24.5 Å². The van der Waals surface area contributed by atoms with Crippen LogP contribution in [0.25, 0.3) is 22.0 Å². The molecule has 2 aromatic heterocycles. The maximum atomic E-state index is 13.1. The van der Waals surface area contributed by atoms with Gasteiger partial charge in [-0.15, -0.1) is 0 Å². The van der Waals surface area contributed by atoms with Crippen molar-refractivity contribution in [2.24, 2.45) is 0 Å². The van der Waals surface area contributed by atoms with Crippen molar-refractivity contribution in [2.45, 2.75) is 40.3 Å². The lowest BCUT2D eigenvalue weighted by Gasteiger charge is -2.15. The third kappa shape index (κ3) is 5.18. The fourth-order valence-corrected chi connectivity index (χ4v) is 5.07. The van der Waals surface area contributed by atoms with Gasteiger partial charge < -0.3 is 15.0 Å². The van der Waals surface area contributed by atoms with Crippen LogP contribution in [0, 0.1) is 20.8 Å². The fourth-order valence-electron chi connectivity index (χ4n) is 5.07. The van der Waals surface area contributed by atoms with Crippen LogP contribution < -0.4 is 5.32 Å². The van der Waals surface area contributed by atoms with E-state index in [0.717, 1.165) is 44.4 Å². The minimum atomic E-state index is -0.936. The van der Waals surface area contributed by atoms with E-state index in [1.807, 2.05) is 74.5 Å². The lowest BCUT2D eigenvalue weighted by Crippen LogP contribution is -2.26. The summed E-state index contributed by atoms with van der Waals surface area (Å²) in [6, 6.07) is 22.8. The molecular formula is C33H31N3O3. The summed E-state index contributed by atoms with van der Waals surface area (Å²) in [7, 11) is 0. The molecule has 0 spiro atoms. The Kier molecular flexibility index (Phi) is 7.03. The number of nitrogens with one attached hydrogen (secondary N) is 1. The molecule has 3 aromatic carbocycles. The van der Waals surface area contributed by atoms with Crippen LogP contribution in [0.1, 0.15) is 61.6 Å². The molecule has 5 rings (SSSR count). The Labute approximate surface area is 228 Å². The number of hydrogen-bond acceptors (Lipinski definition) is 3. The quantitative estimate of drug-likeness (QED) is 0.247. The highest BCUT2D eigenvalue weighted by atomic mass is 16.4. The van der Waals surface area contributed by atoms with Gasteiger partial charge in [0, 0.05) is 41.1 Å². The van der Waals surface area contributed by atoms with Crippen molar-refractivity contribution in [1.82, 2.24) is 14.9 Å². The number of carboxylic acids is 1. The smallest absolute Gasteiger partial charge is 0.336 e. The summed E-state index contributed by atoms with van der Waals surface area (Å²) in [5, 5.41) is 13.7. The summed E-state index contributed by atoms with van der Waals surface area (Å²) in [6.07, 6.45) is 3.58. The molecule has 0 bridgehead atoms. The third-order valence-corrected chi connectivity index (χ3v) is 7.41. The number of benzene rings is 3. The Morgan fingerprint density at radius 1 is 0.949 bits per heavy atom. The van der Waals surface area contributed by atoms with Gasteiger partial charge in [-0.3, -0.25) is 9.78 Å². The zero-order valence-electron chi connectivity index (χ0n) is 22.5. The van der Waals surface area contributed by atoms with Crippen molar-refractivity contribution in [3.8, 4) is 11.1 Å². The summed E-state index contributed by atoms with van der Waals surface area (Å²) < 4.78 is 2.26. The highest BCUT2D eigenvalue weighted by molar-refractivity contribution is 5.99. The molecule has 2 N–H and O–H groups in total. The van der Waals surface area contributed by atoms with Crippen LogP contribution >= 0.6 is 0 Å². The van der Waals surface area contributed by atoms with Crippen LogP contribution in [0.15, 0.2) is 85.2 Å². The van der Waals surface area contributed by atoms with Crippen molar-refractivity contribution >= 4 is 22.8 Å². The number of rotatable bonds is 7. The molecule has 196 valence electrons. The average molecular weight is 518 g/mol. The van der Waals surface area contributed by atoms with Crippen molar-refractivity contribution in [2.75, 3.05) is 0 Å². The molecule has 0 saturated heterocycles. The molecule has 0 fully saturated rings. The van der Waals surface area contributed by atoms with E-state index in [1.165, 1.54) is 0 Å². The van der Waals surface area contributed by atoms with Gasteiger partial charge in [0.25, 0.3) is 5.91 Å². The Balaban J connectivity index is 1.39. The number of pyridine rings is 1. The summed E-state index contributed by atoms with van der Waals surface area (Å²) in [4.78, 5) is 29.0. The van der Waals surface area contributed by atoms with Crippen LogP contribution in [0.4, 0.5) is 0 Å². The molecule has 39 heavy (non-hydrogen) atoms. The summed E-state index contributed by atoms with van der Waals surface area (Å²) in [5.41, 5.74) is 8.97. The third-order valence-electron chi connectivity index (χ3n) is 7.41. The largest absolute Gasteiger partial charge is 0.478 e. The van der Waals surface area contributed by atoms with Gasteiger partial charge in [-0.25, -0.2) is 4.79 Å². The summed E-state index contributed by atoms with van der Waals surface area (Å²) >= 11 is 0. The van der Waals surface area contributed by atoms with E-state index in [9.17, 15) is 14.7 Å². The van der Waals surface area contributed by atoms with E-state index in [2.05, 4.69) is 28.7 Å². The number of carbonyl (C=O) groups is 2. The number of amides is 1. The molecule has 0 radical (unpaired) electrons. The van der Waals surface area contributed by atoms with Crippen molar-refractivity contribution in [1.29, 1.82) is 0 Å². The van der Waals surface area contributed by atoms with Crippen molar-refractivity contribution in [3.63, 3.8) is 0 Å². The van der Waals surface area contributed by atoms with Gasteiger partial charge >= 0.3 is 5.97 Å². The molecular weight excluding hydrogens is 486 g/mol. The van der Waals surface area contributed by atoms with Crippen LogP contribution in [0.5, 0.6) is 0 Å². The average Bonchev–Trinajstić information content (AvgIpc) is 3.17. The topological polar surface area (TPSA) is 84.2 Å². The first-order valence-electron chi connectivity index (χ1n) is 13.0. The molecule has 0 aliphatic carbocycles. The Hall–Kier alpha value is -4.71. The van der Waals surface area contributed by atoms with Gasteiger partial charge in [-0.2, -0.15) is 0 Å². The lowest BCUT2D eigenvalue weighted by atomic mass is 9.99. The number of nitrogens with zero attached hydrogens (tertiary/aromatic N) is 2. The molecule has 2 heterocycles. The van der Waals surface area contributed by atoms with Gasteiger partial charge in [0.2, 0.25) is 0 Å². The first-order chi connectivity index (χ1) is 18.7. The summed E-state index contributed by atoms with van der Waals surface area (Å²) in [6.45, 7) is 8.80. The summed E-state index contributed by atoms with van der Waals surface area (Å²) in [5.74, 6) is -1.05. The minimum Gasteiger partial charge on any atom is -0.478 e. The second kappa shape index (κ2) is 10.6. The molecule has 0 saturated carbocycles. The Bertz CT molecular complexity index is 1700. The van der Waals surface area contributed by atoms with Gasteiger partial charge in [-0.1, -0.05) is 48.5 Å². The van der Waals surface area contributed by atoms with Crippen LogP contribution in [-0.4, -0.2) is 26.5 Å². The van der Waals surface area contributed by atoms with E-state index < -0.39 is 5.97 Å². The second-order valence-corrected chi connectivity index (χ2v) is 10.1. The van der Waals surface area contributed by atoms with E-state index in [4.69, 9.17) is 0 Å².